The number of carboxylic acids is 1. The Morgan fingerprint density at radius 3 is 2.04 bits per heavy atom. The van der Waals surface area contributed by atoms with E-state index in [-0.39, 0.29) is 0 Å². The highest BCUT2D eigenvalue weighted by molar-refractivity contribution is 7.46. The fourth-order valence-corrected chi connectivity index (χ4v) is 5.86. The molecule has 23 nitrogen and oxygen atoms in total. The summed E-state index contributed by atoms with van der Waals surface area (Å²) in [5.74, 6) is -5.82. The average Bonchev–Trinajstić information content (AvgIpc) is 2.99. The molecule has 3 saturated heterocycles. The topological polar surface area (TPSA) is 382 Å². The summed E-state index contributed by atoms with van der Waals surface area (Å²) < 4.78 is 43.5. The summed E-state index contributed by atoms with van der Waals surface area (Å²) in [4.78, 5) is 43.2. The highest BCUT2D eigenvalue weighted by Gasteiger charge is 2.59. The zero-order chi connectivity index (χ0) is 35.6. The zero-order valence-corrected chi connectivity index (χ0v) is 25.3. The summed E-state index contributed by atoms with van der Waals surface area (Å²) in [5, 5.41) is 114. The molecule has 0 aliphatic carbocycles. The van der Waals surface area contributed by atoms with Crippen LogP contribution in [0.2, 0.25) is 0 Å². The second-order valence-electron chi connectivity index (χ2n) is 11.1. The number of aliphatic hydroxyl groups is 10. The Morgan fingerprint density at radius 1 is 0.915 bits per heavy atom. The van der Waals surface area contributed by atoms with Crippen molar-refractivity contribution in [2.75, 3.05) is 19.8 Å². The highest BCUT2D eigenvalue weighted by atomic mass is 31.2. The maximum absolute atomic E-state index is 12.6. The van der Waals surface area contributed by atoms with Crippen LogP contribution in [-0.4, -0.2) is 195 Å². The Balaban J connectivity index is 1.94. The second kappa shape index (κ2) is 16.0. The predicted octanol–water partition coefficient (Wildman–Crippen LogP) is -8.11. The fraction of sp³-hybridized carbons (Fsp3) is 0.913. The van der Waals surface area contributed by atoms with Gasteiger partial charge in [-0.2, -0.15) is 0 Å². The number of amides is 1. The minimum absolute atomic E-state index is 0.711. The quantitative estimate of drug-likeness (QED) is 0.0788. The molecule has 3 aliphatic rings. The number of aliphatic carboxylic acids is 1. The first kappa shape index (κ1) is 39.9. The number of carbonyl (C=O) groups is 2. The lowest BCUT2D eigenvalue weighted by Crippen LogP contribution is -2.68. The van der Waals surface area contributed by atoms with Crippen LogP contribution in [0.1, 0.15) is 13.3 Å². The van der Waals surface area contributed by atoms with Gasteiger partial charge in [0.25, 0.3) is 5.79 Å². The molecule has 0 radical (unpaired) electrons. The molecule has 16 atom stereocenters. The Labute approximate surface area is 264 Å². The van der Waals surface area contributed by atoms with Gasteiger partial charge in [0.2, 0.25) is 5.91 Å². The van der Waals surface area contributed by atoms with Crippen LogP contribution in [0.15, 0.2) is 0 Å². The lowest BCUT2D eigenvalue weighted by Gasteiger charge is -2.49. The van der Waals surface area contributed by atoms with Gasteiger partial charge in [0.15, 0.2) is 12.6 Å². The number of nitrogens with one attached hydrogen (secondary N) is 1. The molecule has 0 aromatic heterocycles. The third-order valence-electron chi connectivity index (χ3n) is 7.69. The van der Waals surface area contributed by atoms with Crippen LogP contribution in [0, 0.1) is 0 Å². The number of phosphoric ester groups is 1. The Bertz CT molecular complexity index is 1110. The molecule has 3 rings (SSSR count). The molecule has 3 fully saturated rings. The van der Waals surface area contributed by atoms with E-state index >= 15 is 0 Å². The smallest absolute Gasteiger partial charge is 0.469 e. The number of aliphatic hydroxyl groups excluding tert-OH is 10. The zero-order valence-electron chi connectivity index (χ0n) is 24.4. The van der Waals surface area contributed by atoms with Crippen LogP contribution in [0.4, 0.5) is 0 Å². The van der Waals surface area contributed by atoms with Crippen LogP contribution in [0.5, 0.6) is 0 Å². The summed E-state index contributed by atoms with van der Waals surface area (Å²) in [6.07, 6.45) is -29.5. The van der Waals surface area contributed by atoms with E-state index in [1.807, 2.05) is 0 Å². The Kier molecular flexibility index (Phi) is 13.6. The first-order valence-electron chi connectivity index (χ1n) is 14.0. The molecular weight excluding hydrogens is 673 g/mol. The predicted molar refractivity (Wildman–Crippen MR) is 141 cm³/mol. The first-order valence-corrected chi connectivity index (χ1v) is 15.5. The lowest BCUT2D eigenvalue weighted by molar-refractivity contribution is -0.372. The molecule has 47 heavy (non-hydrogen) atoms. The maximum Gasteiger partial charge on any atom is 0.469 e. The molecule has 0 spiro atoms. The molecule has 14 N–H and O–H groups in total. The molecule has 0 aromatic carbocycles. The molecule has 0 saturated carbocycles. The number of carbonyl (C=O) groups excluding carboxylic acids is 1. The summed E-state index contributed by atoms with van der Waals surface area (Å²) >= 11 is 0. The van der Waals surface area contributed by atoms with Crippen LogP contribution in [0.3, 0.4) is 0 Å². The van der Waals surface area contributed by atoms with Crippen LogP contribution < -0.4 is 5.32 Å². The van der Waals surface area contributed by atoms with Gasteiger partial charge in [-0.3, -0.25) is 9.32 Å². The fourth-order valence-electron chi connectivity index (χ4n) is 5.31. The number of ether oxygens (including phenoxy) is 5. The average molecular weight is 714 g/mol. The summed E-state index contributed by atoms with van der Waals surface area (Å²) in [6.45, 7) is -2.23. The summed E-state index contributed by atoms with van der Waals surface area (Å²) in [6, 6.07) is -1.52. The van der Waals surface area contributed by atoms with Crippen molar-refractivity contribution in [1.82, 2.24) is 5.32 Å². The standard InChI is InChI=1S/C23H40NO22P/c1-6(27)24-11-13(31)12(30)10(42-20(11)35)5-41-23(22(36)37)2-9(46-47(38,39)40)19(18(45-23)8(29)4-26)44-21-16(34)14(32)15(33)17(43-21)7(28)3-25/h7-21,25-26,28-35H,2-5H2,1H3,(H,24,27)(H,36,37)(H2,38,39,40)/t7-,8+,9+,10+,11+,12+,13+,14-,15-,16-,17+,18+,19+,20+,21+,23+/m0/s1. The summed E-state index contributed by atoms with van der Waals surface area (Å²) in [7, 11) is -5.60. The monoisotopic (exact) mass is 713 g/mol. The molecule has 0 unspecified atom stereocenters. The molecule has 3 heterocycles. The van der Waals surface area contributed by atoms with Gasteiger partial charge in [-0.25, -0.2) is 9.36 Å². The van der Waals surface area contributed by atoms with E-state index < -0.39 is 144 Å². The number of rotatable bonds is 13. The van der Waals surface area contributed by atoms with E-state index in [4.69, 9.17) is 28.2 Å². The van der Waals surface area contributed by atoms with Crippen molar-refractivity contribution >= 4 is 19.7 Å². The normalized spacial score (nSPS) is 42.8. The van der Waals surface area contributed by atoms with Crippen molar-refractivity contribution < 1.29 is 108 Å². The van der Waals surface area contributed by atoms with Crippen LogP contribution in [0.25, 0.3) is 0 Å². The highest BCUT2D eigenvalue weighted by Crippen LogP contribution is 2.45. The van der Waals surface area contributed by atoms with E-state index in [0.29, 0.717) is 0 Å². The van der Waals surface area contributed by atoms with E-state index in [1.54, 1.807) is 0 Å². The van der Waals surface area contributed by atoms with Gasteiger partial charge in [-0.05, 0) is 0 Å². The largest absolute Gasteiger partial charge is 0.477 e. The van der Waals surface area contributed by atoms with Gasteiger partial charge >= 0.3 is 13.8 Å². The maximum atomic E-state index is 12.6. The van der Waals surface area contributed by atoms with Crippen molar-refractivity contribution in [3.8, 4) is 0 Å². The summed E-state index contributed by atoms with van der Waals surface area (Å²) in [5.41, 5.74) is 0. The van der Waals surface area contributed by atoms with Crippen molar-refractivity contribution in [1.29, 1.82) is 0 Å². The van der Waals surface area contributed by atoms with Crippen molar-refractivity contribution in [2.45, 2.75) is 111 Å². The van der Waals surface area contributed by atoms with Crippen molar-refractivity contribution in [3.63, 3.8) is 0 Å². The SMILES string of the molecule is CC(=O)N[C@@H]1[C@@H](O)[C@H](O)[C@@H](CO[C@]2(C(=O)O)C[C@@H](OP(=O)(O)O)[C@@H](O[C@H]3O[C@H]([C@@H](O)CO)[C@@H](O)[C@H](O)[C@@H]3O)[C@@H]([C@H](O)CO)O2)O[C@H]1O. The molecule has 0 bridgehead atoms. The molecule has 24 heteroatoms. The van der Waals surface area contributed by atoms with Crippen LogP contribution in [-0.2, 0) is 42.4 Å². The van der Waals surface area contributed by atoms with Crippen molar-refractivity contribution in [2.24, 2.45) is 0 Å². The van der Waals surface area contributed by atoms with E-state index in [2.05, 4.69) is 5.32 Å². The minimum atomic E-state index is -5.60. The van der Waals surface area contributed by atoms with Crippen LogP contribution >= 0.6 is 7.82 Å². The Morgan fingerprint density at radius 2 is 1.51 bits per heavy atom. The Hall–Kier alpha value is -1.55. The number of hydrogen-bond acceptors (Lipinski definition) is 19. The van der Waals surface area contributed by atoms with Gasteiger partial charge < -0.3 is 95.0 Å². The third-order valence-corrected chi connectivity index (χ3v) is 8.23. The van der Waals surface area contributed by atoms with Gasteiger partial charge in [-0.15, -0.1) is 0 Å². The van der Waals surface area contributed by atoms with Gasteiger partial charge in [0.1, 0.15) is 79.3 Å². The second-order valence-corrected chi connectivity index (χ2v) is 12.3. The number of phosphoric acid groups is 1. The molecule has 3 aliphatic heterocycles. The first-order chi connectivity index (χ1) is 21.8. The number of carboxylic acid groups (broad SMARTS) is 1. The number of hydrogen-bond donors (Lipinski definition) is 14. The van der Waals surface area contributed by atoms with E-state index in [0.717, 1.165) is 6.92 Å². The molecule has 0 aromatic rings. The van der Waals surface area contributed by atoms with Gasteiger partial charge in [-0.1, -0.05) is 0 Å². The third kappa shape index (κ3) is 9.17. The van der Waals surface area contributed by atoms with Crippen molar-refractivity contribution in [3.05, 3.63) is 0 Å². The minimum Gasteiger partial charge on any atom is -0.477 e. The molecule has 274 valence electrons. The lowest BCUT2D eigenvalue weighted by atomic mass is 9.91. The van der Waals surface area contributed by atoms with E-state index in [9.17, 15) is 80.1 Å². The van der Waals surface area contributed by atoms with Gasteiger partial charge in [0.05, 0.1) is 19.8 Å². The van der Waals surface area contributed by atoms with Gasteiger partial charge in [0, 0.05) is 13.3 Å². The molecule has 1 amide bonds. The molecular formula is C23H40NO22P. The van der Waals surface area contributed by atoms with E-state index in [1.165, 1.54) is 0 Å².